The van der Waals surface area contributed by atoms with E-state index in [1.54, 1.807) is 24.3 Å². The van der Waals surface area contributed by atoms with Crippen LogP contribution in [0.4, 0.5) is 0 Å². The molecule has 0 heterocycles. The minimum Gasteiger partial charge on any atom is -0.462 e. The van der Waals surface area contributed by atoms with Crippen LogP contribution < -0.4 is 0 Å². The summed E-state index contributed by atoms with van der Waals surface area (Å²) in [7, 11) is -3.12. The van der Waals surface area contributed by atoms with Crippen LogP contribution in [0.5, 0.6) is 0 Å². The fraction of sp³-hybridized carbons (Fsp3) is 0.550. The van der Waals surface area contributed by atoms with Crippen LogP contribution in [0.15, 0.2) is 35.9 Å². The molecule has 4 rings (SSSR count). The third kappa shape index (κ3) is 3.97. The Morgan fingerprint density at radius 2 is 2.08 bits per heavy atom. The highest BCUT2D eigenvalue weighted by molar-refractivity contribution is 7.89. The molecule has 5 heteroatoms. The van der Waals surface area contributed by atoms with Gasteiger partial charge in [-0.2, -0.15) is 0 Å². The predicted molar refractivity (Wildman–Crippen MR) is 98.0 cm³/mol. The Bertz CT molecular complexity index is 805. The highest BCUT2D eigenvalue weighted by atomic mass is 32.2. The lowest BCUT2D eigenvalue weighted by atomic mass is 9.48. The number of hydrogen-bond donors (Lipinski definition) is 0. The molecule has 3 aliphatic carbocycles. The van der Waals surface area contributed by atoms with Gasteiger partial charge in [0.2, 0.25) is 0 Å². The predicted octanol–water partition coefficient (Wildman–Crippen LogP) is 3.77. The minimum atomic E-state index is -3.12. The number of fused-ring (bicyclic) bond motifs is 1. The summed E-state index contributed by atoms with van der Waals surface area (Å²) < 4.78 is 28.2. The molecule has 25 heavy (non-hydrogen) atoms. The van der Waals surface area contributed by atoms with Crippen molar-refractivity contribution in [3.8, 4) is 0 Å². The van der Waals surface area contributed by atoms with Gasteiger partial charge in [0.25, 0.3) is 0 Å². The highest BCUT2D eigenvalue weighted by Crippen LogP contribution is 2.59. The highest BCUT2D eigenvalue weighted by Gasteiger charge is 2.50. The van der Waals surface area contributed by atoms with Crippen LogP contribution in [0.25, 0.3) is 0 Å². The second-order valence-electron chi connectivity index (χ2n) is 7.98. The third-order valence-electron chi connectivity index (χ3n) is 5.80. The normalized spacial score (nSPS) is 24.2. The van der Waals surface area contributed by atoms with Crippen LogP contribution in [0.1, 0.15) is 49.0 Å². The number of ether oxygens (including phenoxy) is 1. The van der Waals surface area contributed by atoms with Gasteiger partial charge < -0.3 is 4.74 Å². The summed E-state index contributed by atoms with van der Waals surface area (Å²) in [5.41, 5.74) is 2.82. The number of benzene rings is 1. The summed E-state index contributed by atoms with van der Waals surface area (Å²) in [5, 5.41) is 0. The Morgan fingerprint density at radius 3 is 2.72 bits per heavy atom. The molecule has 0 unspecified atom stereocenters. The third-order valence-corrected chi connectivity index (χ3v) is 6.66. The van der Waals surface area contributed by atoms with Crippen molar-refractivity contribution < 1.29 is 17.9 Å². The Morgan fingerprint density at radius 1 is 1.32 bits per heavy atom. The molecule has 0 amide bonds. The van der Waals surface area contributed by atoms with Gasteiger partial charge in [-0.25, -0.2) is 13.2 Å². The first-order chi connectivity index (χ1) is 11.7. The summed E-state index contributed by atoms with van der Waals surface area (Å²) >= 11 is 0. The van der Waals surface area contributed by atoms with E-state index in [-0.39, 0.29) is 5.75 Å². The molecule has 1 fully saturated rings. The first-order valence-corrected chi connectivity index (χ1v) is 10.9. The van der Waals surface area contributed by atoms with Gasteiger partial charge in [-0.3, -0.25) is 0 Å². The van der Waals surface area contributed by atoms with Crippen molar-refractivity contribution in [2.45, 2.75) is 38.9 Å². The zero-order chi connectivity index (χ0) is 18.2. The van der Waals surface area contributed by atoms with Crippen molar-refractivity contribution in [2.24, 2.45) is 17.3 Å². The standard InChI is InChI=1S/C20H26O4S/c1-20(2)17-8-7-15(18(20)12-17)9-10-24-19(21)16-6-4-5-14(11-16)13-25(3,22)23/h4-7,11,17-18H,8-10,12-13H2,1-3H3/t17-,18-/m0/s1. The fourth-order valence-electron chi connectivity index (χ4n) is 4.19. The molecule has 1 aromatic carbocycles. The molecule has 0 N–H and O–H groups in total. The monoisotopic (exact) mass is 362 g/mol. The van der Waals surface area contributed by atoms with Gasteiger partial charge in [-0.05, 0) is 47.8 Å². The van der Waals surface area contributed by atoms with Crippen LogP contribution >= 0.6 is 0 Å². The summed E-state index contributed by atoms with van der Waals surface area (Å²) in [5.74, 6) is 0.973. The molecule has 136 valence electrons. The van der Waals surface area contributed by atoms with Gasteiger partial charge in [0, 0.05) is 12.7 Å². The first-order valence-electron chi connectivity index (χ1n) is 8.79. The maximum atomic E-state index is 12.2. The molecule has 2 bridgehead atoms. The first kappa shape index (κ1) is 18.2. The zero-order valence-electron chi connectivity index (χ0n) is 15.1. The summed E-state index contributed by atoms with van der Waals surface area (Å²) in [6.45, 7) is 5.04. The lowest BCUT2D eigenvalue weighted by molar-refractivity contribution is -0.0103. The minimum absolute atomic E-state index is 0.0705. The smallest absolute Gasteiger partial charge is 0.338 e. The van der Waals surface area contributed by atoms with Crippen molar-refractivity contribution >= 4 is 15.8 Å². The SMILES string of the molecule is CC1(C)[C@H]2CC=C(CCOC(=O)c3cccc(CS(C)(=O)=O)c3)[C@@H]1C2. The van der Waals surface area contributed by atoms with Crippen LogP contribution in [0.2, 0.25) is 0 Å². The van der Waals surface area contributed by atoms with E-state index < -0.39 is 15.8 Å². The van der Waals surface area contributed by atoms with Crippen LogP contribution in [-0.2, 0) is 20.3 Å². The lowest BCUT2D eigenvalue weighted by Gasteiger charge is -2.56. The molecule has 4 nitrogen and oxygen atoms in total. The molecule has 3 aliphatic rings. The van der Waals surface area contributed by atoms with Crippen molar-refractivity contribution in [1.82, 2.24) is 0 Å². The Kier molecular flexibility index (Phi) is 4.80. The van der Waals surface area contributed by atoms with Gasteiger partial charge in [0.05, 0.1) is 17.9 Å². The van der Waals surface area contributed by atoms with Gasteiger partial charge in [0.15, 0.2) is 9.84 Å². The second kappa shape index (κ2) is 6.60. The van der Waals surface area contributed by atoms with Crippen LogP contribution in [0, 0.1) is 17.3 Å². The van der Waals surface area contributed by atoms with Crippen molar-refractivity contribution in [3.05, 3.63) is 47.0 Å². The van der Waals surface area contributed by atoms with Crippen LogP contribution in [-0.4, -0.2) is 27.2 Å². The van der Waals surface area contributed by atoms with Crippen molar-refractivity contribution in [1.29, 1.82) is 0 Å². The summed E-state index contributed by atoms with van der Waals surface area (Å²) in [6.07, 6.45) is 6.70. The van der Waals surface area contributed by atoms with E-state index in [1.165, 1.54) is 18.2 Å². The quantitative estimate of drug-likeness (QED) is 0.571. The molecule has 1 saturated carbocycles. The molecule has 0 spiro atoms. The van der Waals surface area contributed by atoms with E-state index in [0.29, 0.717) is 29.1 Å². The van der Waals surface area contributed by atoms with Gasteiger partial charge in [0.1, 0.15) is 0 Å². The van der Waals surface area contributed by atoms with Crippen LogP contribution in [0.3, 0.4) is 0 Å². The van der Waals surface area contributed by atoms with E-state index in [4.69, 9.17) is 4.74 Å². The van der Waals surface area contributed by atoms with E-state index in [0.717, 1.165) is 18.8 Å². The molecule has 0 saturated heterocycles. The molecule has 0 aromatic heterocycles. The van der Waals surface area contributed by atoms with Crippen molar-refractivity contribution in [2.75, 3.05) is 12.9 Å². The molecule has 2 atom stereocenters. The molecular formula is C20H26O4S. The molecule has 1 aromatic rings. The zero-order valence-corrected chi connectivity index (χ0v) is 15.9. The number of sulfone groups is 1. The Hall–Kier alpha value is -1.62. The number of carbonyl (C=O) groups excluding carboxylic acids is 1. The largest absolute Gasteiger partial charge is 0.462 e. The summed E-state index contributed by atoms with van der Waals surface area (Å²) in [4.78, 5) is 12.2. The number of allylic oxidation sites excluding steroid dienone is 1. The Labute approximate surface area is 150 Å². The van der Waals surface area contributed by atoms with E-state index in [1.807, 2.05) is 0 Å². The number of rotatable bonds is 6. The van der Waals surface area contributed by atoms with Gasteiger partial charge in [-0.15, -0.1) is 0 Å². The maximum Gasteiger partial charge on any atom is 0.338 e. The van der Waals surface area contributed by atoms with E-state index in [2.05, 4.69) is 19.9 Å². The van der Waals surface area contributed by atoms with E-state index >= 15 is 0 Å². The molecular weight excluding hydrogens is 336 g/mol. The average Bonchev–Trinajstić information content (AvgIpc) is 2.53. The topological polar surface area (TPSA) is 60.4 Å². The lowest BCUT2D eigenvalue weighted by Crippen LogP contribution is -2.48. The van der Waals surface area contributed by atoms with Gasteiger partial charge >= 0.3 is 5.97 Å². The van der Waals surface area contributed by atoms with Gasteiger partial charge in [-0.1, -0.05) is 37.6 Å². The van der Waals surface area contributed by atoms with E-state index in [9.17, 15) is 13.2 Å². The number of hydrogen-bond acceptors (Lipinski definition) is 4. The maximum absolute atomic E-state index is 12.2. The average molecular weight is 362 g/mol. The summed E-state index contributed by atoms with van der Waals surface area (Å²) in [6, 6.07) is 6.66. The Balaban J connectivity index is 1.55. The fourth-order valence-corrected chi connectivity index (χ4v) is 4.98. The molecule has 0 radical (unpaired) electrons. The second-order valence-corrected chi connectivity index (χ2v) is 10.1. The number of esters is 1. The number of carbonyl (C=O) groups is 1. The molecule has 0 aliphatic heterocycles. The van der Waals surface area contributed by atoms with Crippen molar-refractivity contribution in [3.63, 3.8) is 0 Å².